The number of hydrogen-bond donors (Lipinski definition) is 1. The van der Waals surface area contributed by atoms with Gasteiger partial charge < -0.3 is 9.73 Å². The third kappa shape index (κ3) is 2.76. The normalized spacial score (nSPS) is 11.1. The molecule has 7 nitrogen and oxygen atoms in total. The van der Waals surface area contributed by atoms with Gasteiger partial charge >= 0.3 is 0 Å². The summed E-state index contributed by atoms with van der Waals surface area (Å²) in [4.78, 5) is 28.6. The molecule has 2 heterocycles. The molecule has 0 bridgehead atoms. The highest BCUT2D eigenvalue weighted by molar-refractivity contribution is 5.96. The number of rotatable bonds is 3. The third-order valence-corrected chi connectivity index (χ3v) is 3.98. The van der Waals surface area contributed by atoms with Crippen LogP contribution < -0.4 is 10.9 Å². The van der Waals surface area contributed by atoms with Crippen molar-refractivity contribution in [1.82, 2.24) is 14.8 Å². The van der Waals surface area contributed by atoms with Crippen LogP contribution in [0, 0.1) is 0 Å². The predicted molar refractivity (Wildman–Crippen MR) is 93.3 cm³/mol. The van der Waals surface area contributed by atoms with E-state index in [1.165, 1.54) is 11.1 Å². The first-order chi connectivity index (χ1) is 12.1. The van der Waals surface area contributed by atoms with Gasteiger partial charge in [-0.25, -0.2) is 9.67 Å². The Kier molecular flexibility index (Phi) is 3.53. The molecule has 1 amide bonds. The Morgan fingerprint density at radius 2 is 2.00 bits per heavy atom. The summed E-state index contributed by atoms with van der Waals surface area (Å²) in [5.74, 6) is -0.227. The van der Waals surface area contributed by atoms with Gasteiger partial charge in [-0.2, -0.15) is 5.10 Å². The molecule has 4 aromatic rings. The molecule has 0 unspecified atom stereocenters. The van der Waals surface area contributed by atoms with E-state index in [0.29, 0.717) is 27.7 Å². The molecule has 0 aliphatic rings. The first kappa shape index (κ1) is 15.1. The maximum absolute atomic E-state index is 12.4. The van der Waals surface area contributed by atoms with Gasteiger partial charge in [-0.15, -0.1) is 0 Å². The maximum atomic E-state index is 12.4. The van der Waals surface area contributed by atoms with Crippen molar-refractivity contribution in [3.63, 3.8) is 0 Å². The number of aryl methyl sites for hydroxylation is 1. The molecule has 0 saturated carbocycles. The second-order valence-electron chi connectivity index (χ2n) is 5.68. The van der Waals surface area contributed by atoms with E-state index in [9.17, 15) is 9.59 Å². The lowest BCUT2D eigenvalue weighted by atomic mass is 10.1. The Labute approximate surface area is 141 Å². The van der Waals surface area contributed by atoms with Crippen LogP contribution in [0.5, 0.6) is 0 Å². The summed E-state index contributed by atoms with van der Waals surface area (Å²) < 4.78 is 6.49. The monoisotopic (exact) mass is 334 g/mol. The van der Waals surface area contributed by atoms with Crippen LogP contribution in [-0.4, -0.2) is 20.7 Å². The van der Waals surface area contributed by atoms with E-state index in [1.807, 2.05) is 6.07 Å². The molecular formula is C18H14N4O3. The van der Waals surface area contributed by atoms with Crippen LogP contribution in [0.3, 0.4) is 0 Å². The number of nitrogens with zero attached hydrogens (tertiary/aromatic N) is 3. The van der Waals surface area contributed by atoms with Crippen molar-refractivity contribution < 1.29 is 9.21 Å². The van der Waals surface area contributed by atoms with Gasteiger partial charge in [0.25, 0.3) is 5.56 Å². The lowest BCUT2D eigenvalue weighted by Crippen LogP contribution is -2.24. The summed E-state index contributed by atoms with van der Waals surface area (Å²) in [5, 5.41) is 8.29. The summed E-state index contributed by atoms with van der Waals surface area (Å²) in [6.45, 7) is 0. The number of benzene rings is 2. The summed E-state index contributed by atoms with van der Waals surface area (Å²) in [7, 11) is 1.58. The lowest BCUT2D eigenvalue weighted by molar-refractivity contribution is -0.115. The predicted octanol–water partition coefficient (Wildman–Crippen LogP) is 2.26. The first-order valence-corrected chi connectivity index (χ1v) is 7.70. The van der Waals surface area contributed by atoms with Gasteiger partial charge in [0.05, 0.1) is 17.5 Å². The molecule has 0 atom stereocenters. The number of hydrogen-bond acceptors (Lipinski definition) is 5. The van der Waals surface area contributed by atoms with Gasteiger partial charge in [0, 0.05) is 24.2 Å². The maximum Gasteiger partial charge on any atom is 0.274 e. The van der Waals surface area contributed by atoms with E-state index in [2.05, 4.69) is 15.4 Å². The highest BCUT2D eigenvalue weighted by atomic mass is 16.3. The van der Waals surface area contributed by atoms with Crippen molar-refractivity contribution in [1.29, 1.82) is 0 Å². The molecular weight excluding hydrogens is 320 g/mol. The summed E-state index contributed by atoms with van der Waals surface area (Å²) in [5.41, 5.74) is 2.31. The van der Waals surface area contributed by atoms with Crippen molar-refractivity contribution in [2.45, 2.75) is 6.42 Å². The minimum Gasteiger partial charge on any atom is -0.443 e. The summed E-state index contributed by atoms with van der Waals surface area (Å²) >= 11 is 0. The average Bonchev–Trinajstić information content (AvgIpc) is 3.07. The number of aromatic nitrogens is 3. The largest absolute Gasteiger partial charge is 0.443 e. The van der Waals surface area contributed by atoms with Gasteiger partial charge in [0.2, 0.25) is 5.91 Å². The van der Waals surface area contributed by atoms with Gasteiger partial charge in [0.1, 0.15) is 5.52 Å². The third-order valence-electron chi connectivity index (χ3n) is 3.98. The fourth-order valence-electron chi connectivity index (χ4n) is 2.80. The number of amides is 1. The Bertz CT molecular complexity index is 1160. The van der Waals surface area contributed by atoms with Crippen molar-refractivity contribution in [3.05, 3.63) is 64.9 Å². The lowest BCUT2D eigenvalue weighted by Gasteiger charge is -2.09. The van der Waals surface area contributed by atoms with Crippen LogP contribution in [0.25, 0.3) is 21.9 Å². The average molecular weight is 334 g/mol. The van der Waals surface area contributed by atoms with Gasteiger partial charge in [-0.05, 0) is 18.2 Å². The summed E-state index contributed by atoms with van der Waals surface area (Å²) in [6, 6.07) is 12.4. The molecule has 124 valence electrons. The van der Waals surface area contributed by atoms with E-state index in [1.54, 1.807) is 43.4 Å². The first-order valence-electron chi connectivity index (χ1n) is 7.70. The summed E-state index contributed by atoms with van der Waals surface area (Å²) in [6.07, 6.45) is 1.42. The van der Waals surface area contributed by atoms with Crippen LogP contribution in [0.1, 0.15) is 5.69 Å². The molecule has 0 spiro atoms. The quantitative estimate of drug-likeness (QED) is 0.620. The number of anilines is 1. The second-order valence-corrected chi connectivity index (χ2v) is 5.68. The molecule has 4 rings (SSSR count). The molecule has 0 aliphatic carbocycles. The highest BCUT2D eigenvalue weighted by Gasteiger charge is 2.13. The zero-order valence-electron chi connectivity index (χ0n) is 13.4. The molecule has 25 heavy (non-hydrogen) atoms. The number of fused-ring (bicyclic) bond motifs is 2. The zero-order valence-corrected chi connectivity index (χ0v) is 13.4. The van der Waals surface area contributed by atoms with Crippen LogP contribution in [0.4, 0.5) is 5.69 Å². The van der Waals surface area contributed by atoms with Gasteiger partial charge in [0.15, 0.2) is 12.0 Å². The minimum atomic E-state index is -0.227. The molecule has 2 aromatic heterocycles. The van der Waals surface area contributed by atoms with Crippen LogP contribution >= 0.6 is 0 Å². The fraction of sp³-hybridized carbons (Fsp3) is 0.111. The van der Waals surface area contributed by atoms with E-state index in [4.69, 9.17) is 4.42 Å². The van der Waals surface area contributed by atoms with Crippen LogP contribution in [0.15, 0.2) is 58.1 Å². The van der Waals surface area contributed by atoms with Crippen molar-refractivity contribution in [3.8, 4) is 0 Å². The van der Waals surface area contributed by atoms with E-state index in [0.717, 1.165) is 5.52 Å². The molecule has 7 heteroatoms. The number of carbonyl (C=O) groups is 1. The SMILES string of the molecule is Cn1nc(CC(=O)Nc2ccc3ncoc3c2)c2ccccc2c1=O. The zero-order chi connectivity index (χ0) is 17.4. The minimum absolute atomic E-state index is 0.0586. The molecule has 0 radical (unpaired) electrons. The molecule has 2 aromatic carbocycles. The molecule has 0 saturated heterocycles. The Morgan fingerprint density at radius 1 is 1.20 bits per heavy atom. The second kappa shape index (κ2) is 5.86. The Morgan fingerprint density at radius 3 is 2.84 bits per heavy atom. The van der Waals surface area contributed by atoms with Crippen LogP contribution in [-0.2, 0) is 18.3 Å². The highest BCUT2D eigenvalue weighted by Crippen LogP contribution is 2.19. The topological polar surface area (TPSA) is 90.0 Å². The van der Waals surface area contributed by atoms with E-state index < -0.39 is 0 Å². The number of oxazole rings is 1. The standard InChI is InChI=1S/C18H14N4O3/c1-22-18(24)13-5-3-2-4-12(13)15(21-22)9-17(23)20-11-6-7-14-16(8-11)25-10-19-14/h2-8,10H,9H2,1H3,(H,20,23). The van der Waals surface area contributed by atoms with E-state index in [-0.39, 0.29) is 17.9 Å². The van der Waals surface area contributed by atoms with Gasteiger partial charge in [-0.3, -0.25) is 9.59 Å². The number of carbonyl (C=O) groups excluding carboxylic acids is 1. The van der Waals surface area contributed by atoms with E-state index >= 15 is 0 Å². The molecule has 1 N–H and O–H groups in total. The van der Waals surface area contributed by atoms with Gasteiger partial charge in [-0.1, -0.05) is 18.2 Å². The molecule has 0 fully saturated rings. The number of nitrogens with one attached hydrogen (secondary N) is 1. The van der Waals surface area contributed by atoms with Crippen molar-refractivity contribution in [2.24, 2.45) is 7.05 Å². The van der Waals surface area contributed by atoms with Crippen molar-refractivity contribution in [2.75, 3.05) is 5.32 Å². The molecule has 0 aliphatic heterocycles. The fourth-order valence-corrected chi connectivity index (χ4v) is 2.80. The Balaban J connectivity index is 1.63. The Hall–Kier alpha value is -3.48. The van der Waals surface area contributed by atoms with Crippen LogP contribution in [0.2, 0.25) is 0 Å². The van der Waals surface area contributed by atoms with Crippen molar-refractivity contribution >= 4 is 33.5 Å². The smallest absolute Gasteiger partial charge is 0.274 e.